The van der Waals surface area contributed by atoms with Gasteiger partial charge in [0.25, 0.3) is 0 Å². The van der Waals surface area contributed by atoms with Crippen LogP contribution in [-0.2, 0) is 10.0 Å². The van der Waals surface area contributed by atoms with Crippen molar-refractivity contribution in [3.8, 4) is 23.7 Å². The molecule has 3 N–H and O–H groups in total. The SMILES string of the molecule is COc1ccc(C#CCN)cc1NS(=O)(=O)CC#N. The molecule has 0 aromatic heterocycles. The van der Waals surface area contributed by atoms with Crippen molar-refractivity contribution >= 4 is 15.7 Å². The highest BCUT2D eigenvalue weighted by Gasteiger charge is 2.13. The third-order valence-electron chi connectivity index (χ3n) is 2.05. The minimum absolute atomic E-state index is 0.210. The summed E-state index contributed by atoms with van der Waals surface area (Å²) in [5.41, 5.74) is 6.10. The van der Waals surface area contributed by atoms with Gasteiger partial charge in [0.2, 0.25) is 10.0 Å². The second-order valence-electron chi connectivity index (χ2n) is 3.44. The molecule has 0 heterocycles. The number of rotatable bonds is 4. The van der Waals surface area contributed by atoms with Crippen LogP contribution >= 0.6 is 0 Å². The minimum Gasteiger partial charge on any atom is -0.495 e. The molecule has 0 spiro atoms. The number of nitrogens with one attached hydrogen (secondary N) is 1. The van der Waals surface area contributed by atoms with E-state index in [0.717, 1.165) is 0 Å². The van der Waals surface area contributed by atoms with Gasteiger partial charge >= 0.3 is 0 Å². The Balaban J connectivity index is 3.14. The van der Waals surface area contributed by atoms with Gasteiger partial charge in [-0.2, -0.15) is 5.26 Å². The van der Waals surface area contributed by atoms with E-state index >= 15 is 0 Å². The van der Waals surface area contributed by atoms with Crippen LogP contribution in [0, 0.1) is 23.2 Å². The summed E-state index contributed by atoms with van der Waals surface area (Å²) in [6.45, 7) is 0.210. The fourth-order valence-electron chi connectivity index (χ4n) is 1.31. The zero-order valence-corrected chi connectivity index (χ0v) is 11.1. The van der Waals surface area contributed by atoms with Crippen LogP contribution in [0.15, 0.2) is 18.2 Å². The Bertz CT molecular complexity index is 651. The maximum Gasteiger partial charge on any atom is 0.246 e. The third kappa shape index (κ3) is 4.51. The highest BCUT2D eigenvalue weighted by Crippen LogP contribution is 2.26. The van der Waals surface area contributed by atoms with Gasteiger partial charge in [-0.05, 0) is 18.2 Å². The van der Waals surface area contributed by atoms with E-state index in [0.29, 0.717) is 11.3 Å². The first kappa shape index (κ1) is 14.8. The molecular formula is C12H13N3O3S. The quantitative estimate of drug-likeness (QED) is 0.770. The summed E-state index contributed by atoms with van der Waals surface area (Å²) in [4.78, 5) is 0. The summed E-state index contributed by atoms with van der Waals surface area (Å²) in [5.74, 6) is 5.16. The fourth-order valence-corrected chi connectivity index (χ4v) is 2.04. The van der Waals surface area contributed by atoms with E-state index in [4.69, 9.17) is 15.7 Å². The van der Waals surface area contributed by atoms with Crippen LogP contribution in [0.5, 0.6) is 5.75 Å². The first-order valence-electron chi connectivity index (χ1n) is 5.27. The predicted molar refractivity (Wildman–Crippen MR) is 71.9 cm³/mol. The minimum atomic E-state index is -3.72. The summed E-state index contributed by atoms with van der Waals surface area (Å²) in [7, 11) is -2.30. The number of methoxy groups -OCH3 is 1. The second-order valence-corrected chi connectivity index (χ2v) is 5.16. The van der Waals surface area contributed by atoms with Gasteiger partial charge in [0, 0.05) is 5.56 Å². The van der Waals surface area contributed by atoms with Crippen molar-refractivity contribution < 1.29 is 13.2 Å². The van der Waals surface area contributed by atoms with Crippen LogP contribution in [0.4, 0.5) is 5.69 Å². The molecule has 0 atom stereocenters. The van der Waals surface area contributed by atoms with Crippen LogP contribution in [0.1, 0.15) is 5.56 Å². The van der Waals surface area contributed by atoms with Crippen molar-refractivity contribution in [3.63, 3.8) is 0 Å². The average Bonchev–Trinajstić information content (AvgIpc) is 2.36. The molecule has 1 aromatic carbocycles. The molecule has 1 aromatic rings. The topological polar surface area (TPSA) is 105 Å². The van der Waals surface area contributed by atoms with Crippen molar-refractivity contribution in [3.05, 3.63) is 23.8 Å². The van der Waals surface area contributed by atoms with Crippen LogP contribution in [0.3, 0.4) is 0 Å². The van der Waals surface area contributed by atoms with Gasteiger partial charge < -0.3 is 10.5 Å². The highest BCUT2D eigenvalue weighted by molar-refractivity contribution is 7.92. The Kier molecular flexibility index (Phi) is 5.19. The fraction of sp³-hybridized carbons (Fsp3) is 0.250. The van der Waals surface area contributed by atoms with E-state index in [1.807, 2.05) is 0 Å². The van der Waals surface area contributed by atoms with Crippen LogP contribution in [-0.4, -0.2) is 27.8 Å². The molecule has 0 bridgehead atoms. The van der Waals surface area contributed by atoms with Gasteiger partial charge in [-0.15, -0.1) is 0 Å². The molecule has 0 fully saturated rings. The first-order chi connectivity index (χ1) is 9.02. The Morgan fingerprint density at radius 1 is 1.47 bits per heavy atom. The number of anilines is 1. The van der Waals surface area contributed by atoms with E-state index in [1.54, 1.807) is 18.2 Å². The van der Waals surface area contributed by atoms with E-state index in [9.17, 15) is 8.42 Å². The molecule has 6 nitrogen and oxygen atoms in total. The molecule has 0 unspecified atom stereocenters. The second kappa shape index (κ2) is 6.64. The normalized spacial score (nSPS) is 9.95. The van der Waals surface area contributed by atoms with E-state index in [1.165, 1.54) is 13.2 Å². The number of ether oxygens (including phenoxy) is 1. The van der Waals surface area contributed by atoms with Gasteiger partial charge in [-0.25, -0.2) is 8.42 Å². The number of nitriles is 1. The van der Waals surface area contributed by atoms with Crippen LogP contribution in [0.25, 0.3) is 0 Å². The van der Waals surface area contributed by atoms with E-state index < -0.39 is 15.8 Å². The summed E-state index contributed by atoms with van der Waals surface area (Å²) in [6.07, 6.45) is 0. The zero-order valence-electron chi connectivity index (χ0n) is 10.3. The number of benzene rings is 1. The number of sulfonamides is 1. The standard InChI is InChI=1S/C12H13N3O3S/c1-18-12-5-4-10(3-2-6-13)9-11(12)15-19(16,17)8-7-14/h4-5,9,15H,6,8,13H2,1H3. The van der Waals surface area contributed by atoms with Gasteiger partial charge in [0.15, 0.2) is 5.75 Å². The molecule has 0 amide bonds. The Morgan fingerprint density at radius 2 is 2.21 bits per heavy atom. The lowest BCUT2D eigenvalue weighted by Crippen LogP contribution is -2.16. The van der Waals surface area contributed by atoms with Crippen LogP contribution in [0.2, 0.25) is 0 Å². The predicted octanol–water partition coefficient (Wildman–Crippen LogP) is 0.271. The molecule has 100 valence electrons. The molecule has 1 rings (SSSR count). The molecule has 0 saturated carbocycles. The number of hydrogen-bond donors (Lipinski definition) is 2. The van der Waals surface area contributed by atoms with Crippen molar-refractivity contribution in [2.24, 2.45) is 5.73 Å². The van der Waals surface area contributed by atoms with E-state index in [2.05, 4.69) is 16.6 Å². The summed E-state index contributed by atoms with van der Waals surface area (Å²) >= 11 is 0. The molecule has 0 aliphatic heterocycles. The molecule has 0 radical (unpaired) electrons. The molecule has 0 aliphatic carbocycles. The third-order valence-corrected chi connectivity index (χ3v) is 3.09. The van der Waals surface area contributed by atoms with Crippen molar-refractivity contribution in [2.45, 2.75) is 0 Å². The lowest BCUT2D eigenvalue weighted by atomic mass is 10.2. The molecule has 0 saturated heterocycles. The number of hydrogen-bond acceptors (Lipinski definition) is 5. The largest absolute Gasteiger partial charge is 0.495 e. The lowest BCUT2D eigenvalue weighted by Gasteiger charge is -2.10. The smallest absolute Gasteiger partial charge is 0.246 e. The monoisotopic (exact) mass is 279 g/mol. The summed E-state index contributed by atoms with van der Waals surface area (Å²) in [6, 6.07) is 6.38. The van der Waals surface area contributed by atoms with Crippen molar-refractivity contribution in [2.75, 3.05) is 24.1 Å². The highest BCUT2D eigenvalue weighted by atomic mass is 32.2. The van der Waals surface area contributed by atoms with E-state index in [-0.39, 0.29) is 12.2 Å². The van der Waals surface area contributed by atoms with Crippen molar-refractivity contribution in [1.82, 2.24) is 0 Å². The average molecular weight is 279 g/mol. The molecule has 0 aliphatic rings. The maximum absolute atomic E-state index is 11.5. The Morgan fingerprint density at radius 3 is 2.79 bits per heavy atom. The Hall–Kier alpha value is -2.22. The maximum atomic E-state index is 11.5. The summed E-state index contributed by atoms with van der Waals surface area (Å²) < 4.78 is 30.4. The molecule has 19 heavy (non-hydrogen) atoms. The zero-order chi connectivity index (χ0) is 14.3. The van der Waals surface area contributed by atoms with Gasteiger partial charge in [-0.3, -0.25) is 4.72 Å². The van der Waals surface area contributed by atoms with Crippen LogP contribution < -0.4 is 15.2 Å². The summed E-state index contributed by atoms with van der Waals surface area (Å²) in [5, 5.41) is 8.44. The molecular weight excluding hydrogens is 266 g/mol. The van der Waals surface area contributed by atoms with Crippen molar-refractivity contribution in [1.29, 1.82) is 5.26 Å². The number of nitrogens with two attached hydrogens (primary N) is 1. The van der Waals surface area contributed by atoms with Gasteiger partial charge in [-0.1, -0.05) is 11.8 Å². The van der Waals surface area contributed by atoms with Gasteiger partial charge in [0.1, 0.15) is 5.75 Å². The number of nitrogens with zero attached hydrogens (tertiary/aromatic N) is 1. The first-order valence-corrected chi connectivity index (χ1v) is 6.92. The molecule has 7 heteroatoms. The lowest BCUT2D eigenvalue weighted by molar-refractivity contribution is 0.417. The van der Waals surface area contributed by atoms with Gasteiger partial charge in [0.05, 0.1) is 25.4 Å². The Labute approximate surface area is 112 Å².